The van der Waals surface area contributed by atoms with Gasteiger partial charge in [-0.3, -0.25) is 9.78 Å². The maximum atomic E-state index is 12.4. The number of carbonyl (C=O) groups is 1. The Kier molecular flexibility index (Phi) is 6.85. The van der Waals surface area contributed by atoms with Crippen molar-refractivity contribution in [3.8, 4) is 17.0 Å². The Morgan fingerprint density at radius 2 is 1.97 bits per heavy atom. The number of benzene rings is 1. The number of anilines is 3. The molecular formula is C22H20F3N7O2. The zero-order chi connectivity index (χ0) is 24.0. The van der Waals surface area contributed by atoms with E-state index in [1.54, 1.807) is 37.1 Å². The van der Waals surface area contributed by atoms with E-state index in [0.29, 0.717) is 22.8 Å². The van der Waals surface area contributed by atoms with Gasteiger partial charge in [0.2, 0.25) is 5.95 Å². The minimum Gasteiger partial charge on any atom is -0.406 e. The Morgan fingerprint density at radius 3 is 2.74 bits per heavy atom. The predicted octanol–water partition coefficient (Wildman–Crippen LogP) is 3.77. The molecule has 3 heterocycles. The largest absolute Gasteiger partial charge is 0.573 e. The number of nitrogens with one attached hydrogen (secondary N) is 2. The predicted molar refractivity (Wildman–Crippen MR) is 118 cm³/mol. The summed E-state index contributed by atoms with van der Waals surface area (Å²) in [5.74, 6) is 0.454. The first-order chi connectivity index (χ1) is 16.4. The van der Waals surface area contributed by atoms with E-state index >= 15 is 0 Å². The number of alkyl halides is 3. The van der Waals surface area contributed by atoms with Gasteiger partial charge in [-0.25, -0.2) is 15.0 Å². The van der Waals surface area contributed by atoms with Gasteiger partial charge in [0.15, 0.2) is 0 Å². The topological polar surface area (TPSA) is 105 Å². The van der Waals surface area contributed by atoms with Crippen LogP contribution in [0.5, 0.6) is 5.75 Å². The summed E-state index contributed by atoms with van der Waals surface area (Å²) in [6, 6.07) is 5.56. The van der Waals surface area contributed by atoms with Crippen LogP contribution >= 0.6 is 0 Å². The fourth-order valence-corrected chi connectivity index (χ4v) is 3.41. The molecular weight excluding hydrogens is 451 g/mol. The number of halogens is 3. The molecule has 0 unspecified atom stereocenters. The molecule has 1 saturated heterocycles. The molecule has 12 heteroatoms. The van der Waals surface area contributed by atoms with Crippen LogP contribution in [0.1, 0.15) is 6.42 Å². The minimum atomic E-state index is -4.77. The second-order valence-electron chi connectivity index (χ2n) is 7.39. The summed E-state index contributed by atoms with van der Waals surface area (Å²) in [5.41, 5.74) is 1.53. The van der Waals surface area contributed by atoms with Gasteiger partial charge in [-0.05, 0) is 24.6 Å². The highest BCUT2D eigenvalue weighted by atomic mass is 19.4. The minimum absolute atomic E-state index is 0.167. The van der Waals surface area contributed by atoms with Crippen molar-refractivity contribution in [3.63, 3.8) is 0 Å². The zero-order valence-electron chi connectivity index (χ0n) is 17.7. The number of rotatable bonds is 8. The molecule has 1 atom stereocenters. The van der Waals surface area contributed by atoms with Gasteiger partial charge in [0.1, 0.15) is 17.9 Å². The molecule has 1 aromatic carbocycles. The SMILES string of the molecule is O=CC=CN1CC[C@H](Nc2cncc(-c3cnc(Nc4cccc(OC(F)(F)F)c4)nc3)n2)C1. The molecule has 176 valence electrons. The number of hydrogen-bond acceptors (Lipinski definition) is 9. The number of nitrogens with zero attached hydrogens (tertiary/aromatic N) is 5. The number of likely N-dealkylation sites (tertiary alicyclic amines) is 1. The van der Waals surface area contributed by atoms with Gasteiger partial charge in [0.05, 0.1) is 18.1 Å². The van der Waals surface area contributed by atoms with E-state index < -0.39 is 6.36 Å². The first-order valence-corrected chi connectivity index (χ1v) is 10.3. The van der Waals surface area contributed by atoms with E-state index in [1.807, 2.05) is 4.90 Å². The second kappa shape index (κ2) is 10.1. The van der Waals surface area contributed by atoms with Crippen molar-refractivity contribution in [2.24, 2.45) is 0 Å². The molecule has 1 aliphatic heterocycles. The maximum absolute atomic E-state index is 12.4. The second-order valence-corrected chi connectivity index (χ2v) is 7.39. The lowest BCUT2D eigenvalue weighted by atomic mass is 10.2. The molecule has 1 aliphatic rings. The number of carbonyl (C=O) groups excluding carboxylic acids is 1. The monoisotopic (exact) mass is 471 g/mol. The van der Waals surface area contributed by atoms with Crippen molar-refractivity contribution < 1.29 is 22.7 Å². The normalized spacial score (nSPS) is 16.0. The number of aldehydes is 1. The number of ether oxygens (including phenoxy) is 1. The Morgan fingerprint density at radius 1 is 1.15 bits per heavy atom. The zero-order valence-corrected chi connectivity index (χ0v) is 17.7. The van der Waals surface area contributed by atoms with Crippen LogP contribution in [0.4, 0.5) is 30.6 Å². The lowest BCUT2D eigenvalue weighted by Crippen LogP contribution is -2.23. The van der Waals surface area contributed by atoms with E-state index in [9.17, 15) is 18.0 Å². The van der Waals surface area contributed by atoms with Gasteiger partial charge in [0, 0.05) is 55.0 Å². The molecule has 2 aromatic heterocycles. The van der Waals surface area contributed by atoms with Crippen LogP contribution in [0, 0.1) is 0 Å². The summed E-state index contributed by atoms with van der Waals surface area (Å²) in [5, 5.41) is 6.18. The van der Waals surface area contributed by atoms with E-state index in [2.05, 4.69) is 35.3 Å². The van der Waals surface area contributed by atoms with Crippen LogP contribution in [0.2, 0.25) is 0 Å². The van der Waals surface area contributed by atoms with E-state index in [4.69, 9.17) is 0 Å². The molecule has 0 bridgehead atoms. The van der Waals surface area contributed by atoms with Gasteiger partial charge in [-0.2, -0.15) is 0 Å². The molecule has 0 saturated carbocycles. The van der Waals surface area contributed by atoms with Crippen molar-refractivity contribution in [2.45, 2.75) is 18.8 Å². The van der Waals surface area contributed by atoms with Gasteiger partial charge in [-0.1, -0.05) is 6.07 Å². The van der Waals surface area contributed by atoms with Crippen molar-refractivity contribution in [2.75, 3.05) is 23.7 Å². The van der Waals surface area contributed by atoms with Crippen LogP contribution in [0.3, 0.4) is 0 Å². The molecule has 3 aromatic rings. The summed E-state index contributed by atoms with van der Waals surface area (Å²) in [6.07, 6.45) is 6.40. The smallest absolute Gasteiger partial charge is 0.406 e. The van der Waals surface area contributed by atoms with Gasteiger partial charge < -0.3 is 20.3 Å². The molecule has 2 N–H and O–H groups in total. The van der Waals surface area contributed by atoms with Crippen LogP contribution in [-0.2, 0) is 4.79 Å². The van der Waals surface area contributed by atoms with Gasteiger partial charge in [0.25, 0.3) is 0 Å². The lowest BCUT2D eigenvalue weighted by molar-refractivity contribution is -0.274. The molecule has 4 rings (SSSR count). The van der Waals surface area contributed by atoms with Crippen LogP contribution in [0.15, 0.2) is 61.3 Å². The van der Waals surface area contributed by atoms with E-state index in [1.165, 1.54) is 24.3 Å². The fraction of sp³-hybridized carbons (Fsp3) is 0.227. The highest BCUT2D eigenvalue weighted by Gasteiger charge is 2.31. The van der Waals surface area contributed by atoms with Crippen LogP contribution in [-0.4, -0.2) is 56.6 Å². The Labute approximate surface area is 192 Å². The third-order valence-corrected chi connectivity index (χ3v) is 4.85. The van der Waals surface area contributed by atoms with Crippen LogP contribution < -0.4 is 15.4 Å². The first-order valence-electron chi connectivity index (χ1n) is 10.3. The van der Waals surface area contributed by atoms with Crippen LogP contribution in [0.25, 0.3) is 11.3 Å². The highest BCUT2D eigenvalue weighted by molar-refractivity contribution is 5.64. The number of allylic oxidation sites excluding steroid dienone is 1. The van der Waals surface area contributed by atoms with Crippen molar-refractivity contribution >= 4 is 23.7 Å². The highest BCUT2D eigenvalue weighted by Crippen LogP contribution is 2.26. The average Bonchev–Trinajstić information content (AvgIpc) is 3.24. The quantitative estimate of drug-likeness (QED) is 0.375. The summed E-state index contributed by atoms with van der Waals surface area (Å²) in [6.45, 7) is 1.58. The molecule has 34 heavy (non-hydrogen) atoms. The molecule has 0 radical (unpaired) electrons. The van der Waals surface area contributed by atoms with Crippen molar-refractivity contribution in [3.05, 3.63) is 61.3 Å². The van der Waals surface area contributed by atoms with E-state index in [-0.39, 0.29) is 17.7 Å². The van der Waals surface area contributed by atoms with Crippen molar-refractivity contribution in [1.29, 1.82) is 0 Å². The average molecular weight is 471 g/mol. The third kappa shape index (κ3) is 6.40. The first kappa shape index (κ1) is 23.0. The number of hydrogen-bond donors (Lipinski definition) is 2. The summed E-state index contributed by atoms with van der Waals surface area (Å²) < 4.78 is 41.1. The summed E-state index contributed by atoms with van der Waals surface area (Å²) >= 11 is 0. The molecule has 1 fully saturated rings. The molecule has 0 spiro atoms. The Hall–Kier alpha value is -4.22. The van der Waals surface area contributed by atoms with Gasteiger partial charge >= 0.3 is 6.36 Å². The standard InChI is InChI=1S/C22H20F3N7O2/c23-22(24,25)34-18-4-1-3-16(9-18)30-21-27-10-15(11-28-21)19-12-26-13-20(31-19)29-17-5-7-32(14-17)6-2-8-33/h1-4,6,8-13,17H,5,7,14H2,(H,29,31)(H,27,28,30)/t17-/m0/s1. The van der Waals surface area contributed by atoms with E-state index in [0.717, 1.165) is 25.8 Å². The lowest BCUT2D eigenvalue weighted by Gasteiger charge is -2.15. The molecule has 9 nitrogen and oxygen atoms in total. The van der Waals surface area contributed by atoms with Crippen molar-refractivity contribution in [1.82, 2.24) is 24.8 Å². The summed E-state index contributed by atoms with van der Waals surface area (Å²) in [4.78, 5) is 29.7. The summed E-state index contributed by atoms with van der Waals surface area (Å²) in [7, 11) is 0. The van der Waals surface area contributed by atoms with Gasteiger partial charge in [-0.15, -0.1) is 13.2 Å². The molecule has 0 aliphatic carbocycles. The number of aromatic nitrogens is 4. The Bertz CT molecular complexity index is 1160. The maximum Gasteiger partial charge on any atom is 0.573 e. The molecule has 0 amide bonds. The third-order valence-electron chi connectivity index (χ3n) is 4.85. The fourth-order valence-electron chi connectivity index (χ4n) is 3.41. The Balaban J connectivity index is 1.39.